The highest BCUT2D eigenvalue weighted by molar-refractivity contribution is 7.23. The summed E-state index contributed by atoms with van der Waals surface area (Å²) in [6.45, 7) is 10.2. The van der Waals surface area contributed by atoms with Gasteiger partial charge in [-0.1, -0.05) is 18.2 Å². The Labute approximate surface area is 285 Å². The number of halogens is 3. The number of carbonyl (C=O) groups excluding carboxylic acids is 1. The van der Waals surface area contributed by atoms with Gasteiger partial charge in [-0.3, -0.25) is 14.7 Å². The molecule has 1 unspecified atom stereocenters. The van der Waals surface area contributed by atoms with Crippen LogP contribution >= 0.6 is 22.9 Å². The van der Waals surface area contributed by atoms with Crippen LogP contribution in [0.2, 0.25) is 5.02 Å². The third-order valence-electron chi connectivity index (χ3n) is 10.2. The lowest BCUT2D eigenvalue weighted by atomic mass is 9.95. The van der Waals surface area contributed by atoms with Crippen LogP contribution in [-0.4, -0.2) is 87.2 Å². The molecule has 3 fully saturated rings. The number of thiophene rings is 1. The first kappa shape index (κ1) is 32.4. The number of aromatic nitrogens is 3. The summed E-state index contributed by atoms with van der Waals surface area (Å²) in [5, 5.41) is 11.2. The second-order valence-corrected chi connectivity index (χ2v) is 14.2. The smallest absolute Gasteiger partial charge is 0.319 e. The number of anilines is 2. The number of likely N-dealkylation sites (tertiary alicyclic amines) is 1. The first-order chi connectivity index (χ1) is 23.1. The molecule has 0 aliphatic carbocycles. The summed E-state index contributed by atoms with van der Waals surface area (Å²) < 4.78 is 36.1. The third-order valence-corrected chi connectivity index (χ3v) is 11.6. The van der Waals surface area contributed by atoms with Crippen molar-refractivity contribution in [2.75, 3.05) is 43.4 Å². The average molecular weight is 693 g/mol. The van der Waals surface area contributed by atoms with Crippen LogP contribution in [0.1, 0.15) is 45.1 Å². The number of rotatable bonds is 8. The Morgan fingerprint density at radius 2 is 2.19 bits per heavy atom. The molecule has 0 radical (unpaired) electrons. The summed E-state index contributed by atoms with van der Waals surface area (Å²) in [7, 11) is 0. The van der Waals surface area contributed by atoms with Gasteiger partial charge in [-0.05, 0) is 57.9 Å². The number of likely N-dealkylation sites (N-methyl/N-ethyl adjacent to an activating group) is 1. The zero-order valence-corrected chi connectivity index (χ0v) is 28.3. The van der Waals surface area contributed by atoms with Gasteiger partial charge in [0.15, 0.2) is 0 Å². The summed E-state index contributed by atoms with van der Waals surface area (Å²) in [6, 6.07) is 4.80. The number of fused-ring (bicyclic) bond motifs is 3. The highest BCUT2D eigenvalue weighted by atomic mass is 35.5. The topological polar surface area (TPSA) is 125 Å². The molecule has 0 bridgehead atoms. The van der Waals surface area contributed by atoms with E-state index >= 15 is 0 Å². The molecule has 3 saturated heterocycles. The Balaban J connectivity index is 1.37. The maximum atomic E-state index is 14.9. The number of alkyl halides is 1. The minimum absolute atomic E-state index is 0.0851. The third kappa shape index (κ3) is 5.12. The maximum Gasteiger partial charge on any atom is 0.319 e. The van der Waals surface area contributed by atoms with Gasteiger partial charge in [0.1, 0.15) is 41.0 Å². The lowest BCUT2D eigenvalue weighted by Crippen LogP contribution is -2.45. The summed E-state index contributed by atoms with van der Waals surface area (Å²) in [5.41, 5.74) is 6.95. The van der Waals surface area contributed by atoms with E-state index in [9.17, 15) is 18.8 Å². The van der Waals surface area contributed by atoms with Crippen molar-refractivity contribution in [3.8, 4) is 23.3 Å². The molecule has 1 amide bonds. The second kappa shape index (κ2) is 12.4. The Morgan fingerprint density at radius 1 is 1.38 bits per heavy atom. The van der Waals surface area contributed by atoms with Crippen LogP contribution in [0.5, 0.6) is 6.01 Å². The monoisotopic (exact) mass is 692 g/mol. The fourth-order valence-corrected chi connectivity index (χ4v) is 9.19. The van der Waals surface area contributed by atoms with E-state index in [0.29, 0.717) is 65.8 Å². The minimum Gasteiger partial charge on any atom is -0.461 e. The number of nitrogens with two attached hydrogens (primary N) is 1. The van der Waals surface area contributed by atoms with E-state index < -0.39 is 17.5 Å². The molecule has 14 heteroatoms. The van der Waals surface area contributed by atoms with Crippen molar-refractivity contribution in [1.82, 2.24) is 24.8 Å². The van der Waals surface area contributed by atoms with Gasteiger partial charge in [0, 0.05) is 49.2 Å². The van der Waals surface area contributed by atoms with Gasteiger partial charge in [0.2, 0.25) is 5.91 Å². The van der Waals surface area contributed by atoms with Gasteiger partial charge in [-0.25, -0.2) is 8.78 Å². The van der Waals surface area contributed by atoms with Gasteiger partial charge in [-0.2, -0.15) is 15.2 Å². The van der Waals surface area contributed by atoms with Crippen molar-refractivity contribution in [3.05, 3.63) is 47.4 Å². The van der Waals surface area contributed by atoms with Crippen LogP contribution in [0.25, 0.3) is 32.2 Å². The van der Waals surface area contributed by atoms with Gasteiger partial charge in [-0.15, -0.1) is 11.3 Å². The van der Waals surface area contributed by atoms with Crippen molar-refractivity contribution in [3.63, 3.8) is 0 Å². The highest BCUT2D eigenvalue weighted by Gasteiger charge is 2.49. The van der Waals surface area contributed by atoms with Crippen molar-refractivity contribution in [2.45, 2.75) is 63.3 Å². The van der Waals surface area contributed by atoms with E-state index in [1.54, 1.807) is 11.1 Å². The van der Waals surface area contributed by atoms with E-state index in [-0.39, 0.29) is 50.9 Å². The van der Waals surface area contributed by atoms with Gasteiger partial charge in [0.25, 0.3) is 0 Å². The molecule has 10 nitrogen and oxygen atoms in total. The molecule has 7 rings (SSSR count). The number of ether oxygens (including phenoxy) is 1. The van der Waals surface area contributed by atoms with Crippen LogP contribution in [0.4, 0.5) is 19.6 Å². The molecular weight excluding hydrogens is 658 g/mol. The summed E-state index contributed by atoms with van der Waals surface area (Å²) in [4.78, 5) is 33.1. The van der Waals surface area contributed by atoms with Gasteiger partial charge < -0.3 is 20.3 Å². The number of hydrogen-bond donors (Lipinski definition) is 1. The van der Waals surface area contributed by atoms with Crippen molar-refractivity contribution >= 4 is 60.7 Å². The highest BCUT2D eigenvalue weighted by Crippen LogP contribution is 2.45. The largest absolute Gasteiger partial charge is 0.461 e. The molecule has 2 N–H and O–H groups in total. The number of nitrogen functional groups attached to an aromatic ring is 1. The Morgan fingerprint density at radius 3 is 2.94 bits per heavy atom. The number of benzene rings is 1. The van der Waals surface area contributed by atoms with Crippen molar-refractivity contribution in [1.29, 1.82) is 5.26 Å². The molecule has 1 aromatic carbocycles. The molecule has 0 spiro atoms. The zero-order chi connectivity index (χ0) is 33.9. The number of amides is 1. The normalized spacial score (nSPS) is 23.9. The standard InChI is InChI=1S/C34H35ClF2N8O2S/c1-4-25(46)45-12-9-24(18(45)3)44(5-2)32-22-15-40-28(20-7-8-23(37)30-26(20)21(14-38)31(39)48-30)27(35)29(22)41-33(42-32)47-17-34-10-6-11-43(34)16-19(36)13-34/h4,7-8,15,18-19,24H,1,5-6,9-13,16-17,39H2,2-3H3/t18-,19-,24?,34+/m1/s1. The lowest BCUT2D eigenvalue weighted by Gasteiger charge is -2.34. The number of nitrogens with zero attached hydrogens (tertiary/aromatic N) is 7. The number of pyridine rings is 1. The maximum absolute atomic E-state index is 14.9. The molecule has 48 heavy (non-hydrogen) atoms. The van der Waals surface area contributed by atoms with E-state index in [1.807, 2.05) is 13.8 Å². The van der Waals surface area contributed by atoms with Crippen molar-refractivity contribution in [2.24, 2.45) is 0 Å². The number of carbonyl (C=O) groups is 1. The summed E-state index contributed by atoms with van der Waals surface area (Å²) in [6.07, 6.45) is 4.92. The molecule has 4 atom stereocenters. The first-order valence-corrected chi connectivity index (χ1v) is 17.3. The fourth-order valence-electron chi connectivity index (χ4n) is 7.95. The fraction of sp³-hybridized carbons (Fsp3) is 0.441. The Bertz CT molecular complexity index is 2000. The minimum atomic E-state index is -0.914. The molecule has 3 aliphatic heterocycles. The average Bonchev–Trinajstić information content (AvgIpc) is 3.82. The van der Waals surface area contributed by atoms with E-state index in [0.717, 1.165) is 30.7 Å². The van der Waals surface area contributed by atoms with Crippen LogP contribution in [-0.2, 0) is 4.79 Å². The first-order valence-electron chi connectivity index (χ1n) is 16.1. The predicted molar refractivity (Wildman–Crippen MR) is 184 cm³/mol. The van der Waals surface area contributed by atoms with Crippen LogP contribution < -0.4 is 15.4 Å². The van der Waals surface area contributed by atoms with Crippen LogP contribution in [0.3, 0.4) is 0 Å². The SMILES string of the molecule is C=CC(=O)N1CCC(N(CC)c2nc(OC[C@@]34CCCN3C[C@H](F)C4)nc3c(Cl)c(-c4ccc(F)c5sc(N)c(C#N)c45)ncc23)[C@H]1C. The molecule has 0 saturated carbocycles. The lowest BCUT2D eigenvalue weighted by molar-refractivity contribution is -0.126. The molecule has 4 aromatic rings. The van der Waals surface area contributed by atoms with Gasteiger partial charge >= 0.3 is 6.01 Å². The molecule has 6 heterocycles. The quantitative estimate of drug-likeness (QED) is 0.218. The number of hydrogen-bond acceptors (Lipinski definition) is 10. The molecule has 3 aromatic heterocycles. The van der Waals surface area contributed by atoms with Crippen molar-refractivity contribution < 1.29 is 18.3 Å². The Hall–Kier alpha value is -4.12. The zero-order valence-electron chi connectivity index (χ0n) is 26.7. The van der Waals surface area contributed by atoms with Crippen LogP contribution in [0, 0.1) is 17.1 Å². The molecule has 250 valence electrons. The number of nitriles is 1. The van der Waals surface area contributed by atoms with E-state index in [2.05, 4.69) is 22.4 Å². The van der Waals surface area contributed by atoms with Crippen LogP contribution in [0.15, 0.2) is 31.0 Å². The van der Waals surface area contributed by atoms with E-state index in [4.69, 9.17) is 37.0 Å². The molecule has 3 aliphatic rings. The van der Waals surface area contributed by atoms with E-state index in [1.165, 1.54) is 18.2 Å². The summed E-state index contributed by atoms with van der Waals surface area (Å²) in [5.74, 6) is -0.0906. The Kier molecular flexibility index (Phi) is 8.38. The summed E-state index contributed by atoms with van der Waals surface area (Å²) >= 11 is 8.16. The predicted octanol–water partition coefficient (Wildman–Crippen LogP) is 6.11. The second-order valence-electron chi connectivity index (χ2n) is 12.7. The van der Waals surface area contributed by atoms with Gasteiger partial charge in [0.05, 0.1) is 37.9 Å². The molecular formula is C34H35ClF2N8O2S.